The van der Waals surface area contributed by atoms with Crippen molar-refractivity contribution in [3.63, 3.8) is 0 Å². The van der Waals surface area contributed by atoms with Crippen LogP contribution >= 0.6 is 0 Å². The molecule has 0 aliphatic rings. The first-order chi connectivity index (χ1) is 20.0. The molecule has 7 heteroatoms. The van der Waals surface area contributed by atoms with Crippen LogP contribution in [0.5, 0.6) is 0 Å². The van der Waals surface area contributed by atoms with Gasteiger partial charge in [-0.3, -0.25) is 4.57 Å². The molecule has 0 aliphatic carbocycles. The number of hydrogen-bond donors (Lipinski definition) is 1. The van der Waals surface area contributed by atoms with Crippen molar-refractivity contribution in [3.8, 4) is 34.5 Å². The van der Waals surface area contributed by atoms with Crippen molar-refractivity contribution < 1.29 is 4.39 Å². The second-order valence-corrected chi connectivity index (χ2v) is 8.97. The monoisotopic (exact) mass is 538 g/mol. The molecule has 6 aromatic rings. The topological polar surface area (TPSA) is 74.7 Å². The van der Waals surface area contributed by atoms with Crippen LogP contribution in [0.15, 0.2) is 122 Å². The second kappa shape index (κ2) is 13.8. The summed E-state index contributed by atoms with van der Waals surface area (Å²) < 4.78 is 14.2. The van der Waals surface area contributed by atoms with Crippen molar-refractivity contribution in [2.24, 2.45) is 0 Å². The summed E-state index contributed by atoms with van der Waals surface area (Å²) in [5, 5.41) is 8.26. The van der Waals surface area contributed by atoms with Crippen LogP contribution < -0.4 is 0 Å². The van der Waals surface area contributed by atoms with Gasteiger partial charge in [-0.05, 0) is 50.2 Å². The Hall–Kier alpha value is -5.79. The van der Waals surface area contributed by atoms with Gasteiger partial charge in [0.2, 0.25) is 0 Å². The molecule has 1 N–H and O–H groups in total. The Morgan fingerprint density at radius 1 is 0.829 bits per heavy atom. The predicted molar refractivity (Wildman–Crippen MR) is 160 cm³/mol. The summed E-state index contributed by atoms with van der Waals surface area (Å²) >= 11 is 0. The molecule has 6 nitrogen and oxygen atoms in total. The van der Waals surface area contributed by atoms with E-state index in [4.69, 9.17) is 11.8 Å². The zero-order valence-corrected chi connectivity index (χ0v) is 22.7. The average molecular weight is 539 g/mol. The van der Waals surface area contributed by atoms with Crippen LogP contribution in [-0.2, 0) is 0 Å². The van der Waals surface area contributed by atoms with E-state index in [0.717, 1.165) is 39.9 Å². The van der Waals surface area contributed by atoms with Crippen molar-refractivity contribution in [1.82, 2.24) is 19.5 Å². The maximum absolute atomic E-state index is 12.1. The minimum absolute atomic E-state index is 0.311. The Balaban J connectivity index is 0.000000156. The number of aromatic nitrogens is 4. The highest BCUT2D eigenvalue weighted by Crippen LogP contribution is 2.24. The fraction of sp³-hybridized carbons (Fsp3) is 0.0588. The van der Waals surface area contributed by atoms with Crippen LogP contribution in [0, 0.1) is 37.6 Å². The van der Waals surface area contributed by atoms with E-state index in [2.05, 4.69) is 24.4 Å². The molecule has 2 heterocycles. The first-order valence-electron chi connectivity index (χ1n) is 12.8. The summed E-state index contributed by atoms with van der Waals surface area (Å²) in [6.45, 7) is 11.0. The Labute approximate surface area is 238 Å². The molecular weight excluding hydrogens is 511 g/mol. The van der Waals surface area contributed by atoms with Gasteiger partial charge in [0.1, 0.15) is 17.5 Å². The van der Waals surface area contributed by atoms with Crippen LogP contribution in [-0.4, -0.2) is 19.5 Å². The minimum atomic E-state index is -0.311. The molecule has 0 spiro atoms. The van der Waals surface area contributed by atoms with E-state index in [-0.39, 0.29) is 5.82 Å². The van der Waals surface area contributed by atoms with E-state index < -0.39 is 0 Å². The van der Waals surface area contributed by atoms with Crippen LogP contribution in [0.3, 0.4) is 0 Å². The van der Waals surface area contributed by atoms with Crippen LogP contribution in [0.1, 0.15) is 17.0 Å². The van der Waals surface area contributed by atoms with E-state index in [1.54, 1.807) is 0 Å². The third kappa shape index (κ3) is 7.86. The van der Waals surface area contributed by atoms with Gasteiger partial charge in [0, 0.05) is 34.9 Å². The molecule has 0 atom stereocenters. The lowest BCUT2D eigenvalue weighted by Gasteiger charge is -2.07. The lowest BCUT2D eigenvalue weighted by molar-refractivity contribution is 0.627. The van der Waals surface area contributed by atoms with E-state index in [0.29, 0.717) is 11.3 Å². The molecule has 6 rings (SSSR count). The number of halogens is 1. The van der Waals surface area contributed by atoms with Crippen molar-refractivity contribution in [2.45, 2.75) is 13.8 Å². The van der Waals surface area contributed by atoms with Gasteiger partial charge in [0.15, 0.2) is 5.69 Å². The van der Waals surface area contributed by atoms with Crippen molar-refractivity contribution >= 4 is 5.69 Å². The standard InChI is InChI=1S/C17H13N3.C10H10N2.C7H4FN/c1-13-12-20(16-10-8-15(18-2)9-11-16)17(19-13)14-6-4-3-5-7-14;1-8-7-11-10(12-8)9-5-3-2-4-6-9;8-7-3-1-6(5-9)2-4-7/h3-12H,1H3;2-7H,1H3,(H,11,12);1-4H. The summed E-state index contributed by atoms with van der Waals surface area (Å²) in [5.74, 6) is 1.54. The van der Waals surface area contributed by atoms with Gasteiger partial charge in [-0.15, -0.1) is 0 Å². The molecule has 0 aliphatic heterocycles. The van der Waals surface area contributed by atoms with Crippen molar-refractivity contribution in [3.05, 3.63) is 156 Å². The summed E-state index contributed by atoms with van der Waals surface area (Å²) in [6, 6.07) is 35.0. The van der Waals surface area contributed by atoms with E-state index in [1.165, 1.54) is 24.3 Å². The summed E-state index contributed by atoms with van der Waals surface area (Å²) in [6.07, 6.45) is 3.84. The SMILES string of the molecule is Cc1cnc(-c2ccccc2)[nH]1.N#Cc1ccc(F)cc1.[C-]#[N+]c1ccc(-n2cc(C)nc2-c2ccccc2)cc1. The van der Waals surface area contributed by atoms with Crippen molar-refractivity contribution in [2.75, 3.05) is 0 Å². The lowest BCUT2D eigenvalue weighted by Crippen LogP contribution is -1.95. The number of nitriles is 1. The highest BCUT2D eigenvalue weighted by atomic mass is 19.1. The molecule has 0 unspecified atom stereocenters. The maximum atomic E-state index is 12.1. The van der Waals surface area contributed by atoms with Gasteiger partial charge in [-0.25, -0.2) is 19.2 Å². The number of aryl methyl sites for hydroxylation is 2. The number of nitrogens with zero attached hydrogens (tertiary/aromatic N) is 5. The largest absolute Gasteiger partial charge is 0.342 e. The second-order valence-electron chi connectivity index (χ2n) is 8.97. The average Bonchev–Trinajstić information content (AvgIpc) is 3.64. The zero-order chi connectivity index (χ0) is 29.0. The molecule has 2 aromatic heterocycles. The first-order valence-corrected chi connectivity index (χ1v) is 12.8. The molecule has 0 bridgehead atoms. The number of aromatic amines is 1. The van der Waals surface area contributed by atoms with Crippen LogP contribution in [0.4, 0.5) is 10.1 Å². The highest BCUT2D eigenvalue weighted by Gasteiger charge is 2.09. The molecule has 0 radical (unpaired) electrons. The molecule has 0 saturated heterocycles. The Morgan fingerprint density at radius 3 is 1.98 bits per heavy atom. The number of hydrogen-bond acceptors (Lipinski definition) is 3. The zero-order valence-electron chi connectivity index (χ0n) is 22.7. The van der Waals surface area contributed by atoms with Gasteiger partial charge in [-0.2, -0.15) is 5.26 Å². The quantitative estimate of drug-likeness (QED) is 0.230. The smallest absolute Gasteiger partial charge is 0.187 e. The molecule has 0 saturated carbocycles. The Morgan fingerprint density at radius 2 is 1.44 bits per heavy atom. The molecular formula is C34H27FN6. The fourth-order valence-corrected chi connectivity index (χ4v) is 3.85. The summed E-state index contributed by atoms with van der Waals surface area (Å²) in [4.78, 5) is 15.4. The number of benzene rings is 4. The Bertz CT molecular complexity index is 1760. The molecule has 0 fully saturated rings. The van der Waals surface area contributed by atoms with E-state index in [9.17, 15) is 4.39 Å². The van der Waals surface area contributed by atoms with Crippen molar-refractivity contribution in [1.29, 1.82) is 5.26 Å². The number of imidazole rings is 2. The third-order valence-corrected chi connectivity index (χ3v) is 5.84. The predicted octanol–water partition coefficient (Wildman–Crippen LogP) is 8.48. The number of rotatable bonds is 3. The third-order valence-electron chi connectivity index (χ3n) is 5.84. The molecule has 4 aromatic carbocycles. The van der Waals surface area contributed by atoms with Crippen LogP contribution in [0.25, 0.3) is 33.3 Å². The molecule has 0 amide bonds. The van der Waals surface area contributed by atoms with E-state index in [1.807, 2.05) is 117 Å². The van der Waals surface area contributed by atoms with E-state index >= 15 is 0 Å². The van der Waals surface area contributed by atoms with Gasteiger partial charge >= 0.3 is 0 Å². The van der Waals surface area contributed by atoms with Gasteiger partial charge < -0.3 is 4.98 Å². The summed E-state index contributed by atoms with van der Waals surface area (Å²) in [5.41, 5.74) is 6.41. The highest BCUT2D eigenvalue weighted by molar-refractivity contribution is 5.60. The molecule has 200 valence electrons. The number of H-pyrrole nitrogens is 1. The summed E-state index contributed by atoms with van der Waals surface area (Å²) in [7, 11) is 0. The van der Waals surface area contributed by atoms with Gasteiger partial charge in [0.05, 0.1) is 23.9 Å². The fourth-order valence-electron chi connectivity index (χ4n) is 3.85. The Kier molecular flexibility index (Phi) is 9.53. The first kappa shape index (κ1) is 28.2. The van der Waals surface area contributed by atoms with Gasteiger partial charge in [-0.1, -0.05) is 72.8 Å². The normalized spacial score (nSPS) is 9.78. The maximum Gasteiger partial charge on any atom is 0.187 e. The van der Waals surface area contributed by atoms with Crippen LogP contribution in [0.2, 0.25) is 0 Å². The van der Waals surface area contributed by atoms with Gasteiger partial charge in [0.25, 0.3) is 0 Å². The lowest BCUT2D eigenvalue weighted by atomic mass is 10.2. The minimum Gasteiger partial charge on any atom is -0.342 e. The molecule has 41 heavy (non-hydrogen) atoms. The number of nitrogens with one attached hydrogen (secondary N) is 1.